The second-order valence-electron chi connectivity index (χ2n) is 3.89. The Balaban J connectivity index is 4.22. The second kappa shape index (κ2) is 3.09. The van der Waals surface area contributed by atoms with Crippen molar-refractivity contribution in [1.29, 1.82) is 0 Å². The number of nitrogens with two attached hydrogens (primary N) is 1. The average molecular weight is 161 g/mol. The highest BCUT2D eigenvalue weighted by atomic mass is 16.5. The molecule has 0 aliphatic carbocycles. The molecule has 11 heavy (non-hydrogen) atoms. The first kappa shape index (κ1) is 10.9. The van der Waals surface area contributed by atoms with Crippen LogP contribution in [0.3, 0.4) is 0 Å². The van der Waals surface area contributed by atoms with E-state index in [0.29, 0.717) is 0 Å². The van der Waals surface area contributed by atoms with Crippen LogP contribution in [0.25, 0.3) is 0 Å². The van der Waals surface area contributed by atoms with Crippen LogP contribution in [-0.2, 0) is 4.74 Å². The molecule has 0 spiro atoms. The molecule has 0 fully saturated rings. The Morgan fingerprint density at radius 3 is 1.73 bits per heavy atom. The third-order valence-corrected chi connectivity index (χ3v) is 1.95. The van der Waals surface area contributed by atoms with Crippen molar-refractivity contribution in [2.75, 3.05) is 0 Å². The molecule has 0 heterocycles. The maximum Gasteiger partial charge on any atom is 0.103 e. The van der Waals surface area contributed by atoms with E-state index in [-0.39, 0.29) is 6.23 Å². The maximum atomic E-state index is 9.61. The van der Waals surface area contributed by atoms with Gasteiger partial charge < -0.3 is 15.6 Å². The van der Waals surface area contributed by atoms with Crippen molar-refractivity contribution >= 4 is 0 Å². The van der Waals surface area contributed by atoms with Crippen molar-refractivity contribution in [3.8, 4) is 0 Å². The van der Waals surface area contributed by atoms with Gasteiger partial charge in [0, 0.05) is 0 Å². The smallest absolute Gasteiger partial charge is 0.103 e. The summed E-state index contributed by atoms with van der Waals surface area (Å²) in [6, 6.07) is 0. The molecule has 0 saturated heterocycles. The topological polar surface area (TPSA) is 55.5 Å². The van der Waals surface area contributed by atoms with E-state index in [0.717, 1.165) is 0 Å². The van der Waals surface area contributed by atoms with E-state index in [1.54, 1.807) is 20.8 Å². The highest BCUT2D eigenvalue weighted by Gasteiger charge is 2.36. The first-order valence-corrected chi connectivity index (χ1v) is 3.82. The molecule has 0 aromatic carbocycles. The molecule has 0 bridgehead atoms. The number of hydrogen-bond acceptors (Lipinski definition) is 3. The fraction of sp³-hybridized carbons (Fsp3) is 1.00. The molecule has 3 N–H and O–H groups in total. The molecule has 1 unspecified atom stereocenters. The van der Waals surface area contributed by atoms with Crippen molar-refractivity contribution < 1.29 is 9.84 Å². The predicted molar refractivity (Wildman–Crippen MR) is 45.1 cm³/mol. The van der Waals surface area contributed by atoms with Crippen LogP contribution in [0.1, 0.15) is 34.6 Å². The first-order valence-electron chi connectivity index (χ1n) is 3.82. The summed E-state index contributed by atoms with van der Waals surface area (Å²) in [6.45, 7) is 8.78. The average Bonchev–Trinajstić information content (AvgIpc) is 1.56. The fourth-order valence-electron chi connectivity index (χ4n) is 0.609. The molecule has 0 radical (unpaired) electrons. The van der Waals surface area contributed by atoms with Gasteiger partial charge in [0.2, 0.25) is 0 Å². The monoisotopic (exact) mass is 161 g/mol. The standard InChI is InChI=1S/C8H19NO2/c1-6(9)11-8(4,5)7(2,3)10/h6,10H,9H2,1-5H3. The van der Waals surface area contributed by atoms with Crippen LogP contribution >= 0.6 is 0 Å². The Hall–Kier alpha value is -0.120. The van der Waals surface area contributed by atoms with Crippen molar-refractivity contribution in [3.63, 3.8) is 0 Å². The lowest BCUT2D eigenvalue weighted by atomic mass is 9.89. The van der Waals surface area contributed by atoms with Gasteiger partial charge in [0.25, 0.3) is 0 Å². The highest BCUT2D eigenvalue weighted by molar-refractivity contribution is 4.87. The Bertz CT molecular complexity index is 125. The van der Waals surface area contributed by atoms with Gasteiger partial charge in [0.1, 0.15) is 6.23 Å². The van der Waals surface area contributed by atoms with Crippen LogP contribution in [0, 0.1) is 0 Å². The quantitative estimate of drug-likeness (QED) is 0.603. The van der Waals surface area contributed by atoms with Gasteiger partial charge in [0.15, 0.2) is 0 Å². The summed E-state index contributed by atoms with van der Waals surface area (Å²) < 4.78 is 5.33. The minimum atomic E-state index is -0.874. The molecular weight excluding hydrogens is 142 g/mol. The normalized spacial score (nSPS) is 16.6. The van der Waals surface area contributed by atoms with Gasteiger partial charge in [0.05, 0.1) is 11.2 Å². The molecule has 0 amide bonds. The Morgan fingerprint density at radius 1 is 1.27 bits per heavy atom. The minimum Gasteiger partial charge on any atom is -0.387 e. The van der Waals surface area contributed by atoms with Gasteiger partial charge in [-0.25, -0.2) is 0 Å². The third kappa shape index (κ3) is 3.18. The summed E-state index contributed by atoms with van der Waals surface area (Å²) in [7, 11) is 0. The van der Waals surface area contributed by atoms with Gasteiger partial charge in [-0.05, 0) is 34.6 Å². The van der Waals surface area contributed by atoms with Gasteiger partial charge >= 0.3 is 0 Å². The first-order chi connectivity index (χ1) is 4.67. The third-order valence-electron chi connectivity index (χ3n) is 1.95. The van der Waals surface area contributed by atoms with Gasteiger partial charge in [-0.2, -0.15) is 0 Å². The molecule has 0 aromatic rings. The number of rotatable bonds is 3. The lowest BCUT2D eigenvalue weighted by Crippen LogP contribution is -2.50. The van der Waals surface area contributed by atoms with Crippen molar-refractivity contribution in [2.45, 2.75) is 52.0 Å². The zero-order valence-electron chi connectivity index (χ0n) is 8.01. The SMILES string of the molecule is CC(N)OC(C)(C)C(C)(C)O. The highest BCUT2D eigenvalue weighted by Crippen LogP contribution is 2.25. The van der Waals surface area contributed by atoms with Gasteiger partial charge in [-0.3, -0.25) is 0 Å². The number of ether oxygens (including phenoxy) is 1. The number of hydrogen-bond donors (Lipinski definition) is 2. The van der Waals surface area contributed by atoms with E-state index < -0.39 is 11.2 Å². The molecule has 0 aliphatic heterocycles. The molecule has 1 atom stereocenters. The van der Waals surface area contributed by atoms with Crippen molar-refractivity contribution in [3.05, 3.63) is 0 Å². The van der Waals surface area contributed by atoms with Gasteiger partial charge in [-0.1, -0.05) is 0 Å². The lowest BCUT2D eigenvalue weighted by molar-refractivity contribution is -0.168. The summed E-state index contributed by atoms with van der Waals surface area (Å²) in [5.41, 5.74) is 3.96. The molecular formula is C8H19NO2. The van der Waals surface area contributed by atoms with Crippen LogP contribution in [0.4, 0.5) is 0 Å². The Labute approximate surface area is 68.5 Å². The summed E-state index contributed by atoms with van der Waals surface area (Å²) in [6.07, 6.45) is -0.351. The van der Waals surface area contributed by atoms with E-state index in [2.05, 4.69) is 0 Å². The Kier molecular flexibility index (Phi) is 3.06. The summed E-state index contributed by atoms with van der Waals surface area (Å²) in [5, 5.41) is 9.61. The van der Waals surface area contributed by atoms with Gasteiger partial charge in [-0.15, -0.1) is 0 Å². The van der Waals surface area contributed by atoms with Crippen molar-refractivity contribution in [2.24, 2.45) is 5.73 Å². The lowest BCUT2D eigenvalue weighted by Gasteiger charge is -2.38. The van der Waals surface area contributed by atoms with E-state index in [9.17, 15) is 5.11 Å². The summed E-state index contributed by atoms with van der Waals surface area (Å²) >= 11 is 0. The molecule has 68 valence electrons. The van der Waals surface area contributed by atoms with E-state index in [1.807, 2.05) is 13.8 Å². The summed E-state index contributed by atoms with van der Waals surface area (Å²) in [5.74, 6) is 0. The number of aliphatic hydroxyl groups is 1. The van der Waals surface area contributed by atoms with Crippen LogP contribution < -0.4 is 5.73 Å². The van der Waals surface area contributed by atoms with Crippen LogP contribution in [-0.4, -0.2) is 22.5 Å². The molecule has 0 saturated carbocycles. The minimum absolute atomic E-state index is 0.351. The fourth-order valence-corrected chi connectivity index (χ4v) is 0.609. The zero-order chi connectivity index (χ0) is 9.28. The molecule has 3 heteroatoms. The van der Waals surface area contributed by atoms with Crippen molar-refractivity contribution in [1.82, 2.24) is 0 Å². The maximum absolute atomic E-state index is 9.61. The van der Waals surface area contributed by atoms with E-state index in [4.69, 9.17) is 10.5 Å². The molecule has 3 nitrogen and oxygen atoms in total. The molecule has 0 aliphatic rings. The van der Waals surface area contributed by atoms with E-state index >= 15 is 0 Å². The largest absolute Gasteiger partial charge is 0.387 e. The van der Waals surface area contributed by atoms with E-state index in [1.165, 1.54) is 0 Å². The molecule has 0 aromatic heterocycles. The molecule has 0 rings (SSSR count). The van der Waals surface area contributed by atoms with Crippen LogP contribution in [0.5, 0.6) is 0 Å². The second-order valence-corrected chi connectivity index (χ2v) is 3.89. The van der Waals surface area contributed by atoms with Crippen LogP contribution in [0.2, 0.25) is 0 Å². The van der Waals surface area contributed by atoms with Crippen LogP contribution in [0.15, 0.2) is 0 Å². The Morgan fingerprint density at radius 2 is 1.64 bits per heavy atom. The summed E-state index contributed by atoms with van der Waals surface area (Å²) in [4.78, 5) is 0. The zero-order valence-corrected chi connectivity index (χ0v) is 8.01. The predicted octanol–water partition coefficient (Wildman–Crippen LogP) is 0.857.